The van der Waals surface area contributed by atoms with E-state index in [4.69, 9.17) is 9.47 Å². The van der Waals surface area contributed by atoms with Gasteiger partial charge in [-0.3, -0.25) is 14.4 Å². The van der Waals surface area contributed by atoms with Crippen molar-refractivity contribution >= 4 is 34.8 Å². The van der Waals surface area contributed by atoms with E-state index in [0.717, 1.165) is 6.07 Å². The fourth-order valence-electron chi connectivity index (χ4n) is 2.67. The van der Waals surface area contributed by atoms with Gasteiger partial charge in [-0.1, -0.05) is 18.2 Å². The number of amides is 1. The number of esters is 1. The maximum absolute atomic E-state index is 14.1. The van der Waals surface area contributed by atoms with Crippen molar-refractivity contribution in [3.05, 3.63) is 71.4 Å². The summed E-state index contributed by atoms with van der Waals surface area (Å²) in [5.74, 6) is -3.81. The standard InChI is InChI=1S/C21H17FN2O6/c1-12(25)23-14-7-8-15(16(22)9-14)17(26)10-30-21(28)19-18(27)11-29-20(19)24-13-5-3-2-4-6-13/h2-9,24H,10-11H2,1H3,(H,23,25). The monoisotopic (exact) mass is 412 g/mol. The molecule has 0 saturated carbocycles. The topological polar surface area (TPSA) is 111 Å². The van der Waals surface area contributed by atoms with Crippen LogP contribution in [0, 0.1) is 5.82 Å². The fourth-order valence-corrected chi connectivity index (χ4v) is 2.67. The number of halogens is 1. The van der Waals surface area contributed by atoms with E-state index in [0.29, 0.717) is 5.69 Å². The smallest absolute Gasteiger partial charge is 0.347 e. The molecule has 0 radical (unpaired) electrons. The van der Waals surface area contributed by atoms with Crippen molar-refractivity contribution in [2.45, 2.75) is 6.92 Å². The Morgan fingerprint density at radius 3 is 2.50 bits per heavy atom. The molecule has 0 saturated heterocycles. The van der Waals surface area contributed by atoms with Crippen molar-refractivity contribution < 1.29 is 33.0 Å². The van der Waals surface area contributed by atoms with Gasteiger partial charge in [-0.15, -0.1) is 0 Å². The van der Waals surface area contributed by atoms with E-state index < -0.39 is 30.0 Å². The molecule has 0 atom stereocenters. The number of hydrogen-bond acceptors (Lipinski definition) is 7. The Morgan fingerprint density at radius 2 is 1.83 bits per heavy atom. The van der Waals surface area contributed by atoms with Crippen LogP contribution in [0.1, 0.15) is 17.3 Å². The van der Waals surface area contributed by atoms with Gasteiger partial charge in [0.25, 0.3) is 0 Å². The number of carbonyl (C=O) groups is 4. The Bertz CT molecular complexity index is 1050. The first-order valence-corrected chi connectivity index (χ1v) is 8.85. The Morgan fingerprint density at radius 1 is 1.10 bits per heavy atom. The van der Waals surface area contributed by atoms with Crippen LogP contribution >= 0.6 is 0 Å². The van der Waals surface area contributed by atoms with Crippen molar-refractivity contribution in [1.29, 1.82) is 0 Å². The zero-order valence-electron chi connectivity index (χ0n) is 15.9. The molecule has 2 N–H and O–H groups in total. The lowest BCUT2D eigenvalue weighted by Gasteiger charge is -2.09. The lowest BCUT2D eigenvalue weighted by Crippen LogP contribution is -2.21. The number of ketones is 2. The van der Waals surface area contributed by atoms with Crippen LogP contribution in [0.5, 0.6) is 0 Å². The predicted molar refractivity (Wildman–Crippen MR) is 104 cm³/mol. The van der Waals surface area contributed by atoms with Crippen molar-refractivity contribution in [2.24, 2.45) is 0 Å². The summed E-state index contributed by atoms with van der Waals surface area (Å²) in [7, 11) is 0. The molecule has 1 aliphatic rings. The van der Waals surface area contributed by atoms with Crippen LogP contribution in [0.15, 0.2) is 60.0 Å². The highest BCUT2D eigenvalue weighted by molar-refractivity contribution is 6.20. The van der Waals surface area contributed by atoms with Gasteiger partial charge in [0.1, 0.15) is 5.82 Å². The van der Waals surface area contributed by atoms with E-state index in [1.807, 2.05) is 0 Å². The van der Waals surface area contributed by atoms with Crippen molar-refractivity contribution in [3.8, 4) is 0 Å². The number of nitrogens with one attached hydrogen (secondary N) is 2. The number of carbonyl (C=O) groups excluding carboxylic acids is 4. The van der Waals surface area contributed by atoms with Gasteiger partial charge in [-0.2, -0.15) is 0 Å². The lowest BCUT2D eigenvalue weighted by atomic mass is 10.1. The largest absolute Gasteiger partial charge is 0.470 e. The molecule has 0 fully saturated rings. The van der Waals surface area contributed by atoms with E-state index >= 15 is 0 Å². The van der Waals surface area contributed by atoms with E-state index in [1.165, 1.54) is 19.1 Å². The summed E-state index contributed by atoms with van der Waals surface area (Å²) in [5.41, 5.74) is 0.101. The summed E-state index contributed by atoms with van der Waals surface area (Å²) in [4.78, 5) is 47.6. The summed E-state index contributed by atoms with van der Waals surface area (Å²) < 4.78 is 24.2. The zero-order chi connectivity index (χ0) is 21.7. The number of rotatable bonds is 7. The number of benzene rings is 2. The van der Waals surface area contributed by atoms with Crippen LogP contribution in [0.3, 0.4) is 0 Å². The minimum Gasteiger partial charge on any atom is -0.470 e. The van der Waals surface area contributed by atoms with Crippen molar-refractivity contribution in [3.63, 3.8) is 0 Å². The Labute approximate surface area is 170 Å². The Kier molecular flexibility index (Phi) is 6.21. The fraction of sp³-hybridized carbons (Fsp3) is 0.143. The second-order valence-electron chi connectivity index (χ2n) is 6.28. The summed E-state index contributed by atoms with van der Waals surface area (Å²) >= 11 is 0. The molecule has 0 bridgehead atoms. The molecule has 0 aromatic heterocycles. The molecule has 9 heteroatoms. The zero-order valence-corrected chi connectivity index (χ0v) is 15.9. The minimum absolute atomic E-state index is 0.0745. The summed E-state index contributed by atoms with van der Waals surface area (Å²) in [6.07, 6.45) is 0. The Balaban J connectivity index is 1.68. The van der Waals surface area contributed by atoms with Crippen LogP contribution in [0.25, 0.3) is 0 Å². The van der Waals surface area contributed by atoms with Crippen molar-refractivity contribution in [1.82, 2.24) is 0 Å². The molecule has 0 unspecified atom stereocenters. The van der Waals surface area contributed by atoms with E-state index in [-0.39, 0.29) is 35.2 Å². The van der Waals surface area contributed by atoms with Gasteiger partial charge in [0, 0.05) is 18.3 Å². The second-order valence-corrected chi connectivity index (χ2v) is 6.28. The highest BCUT2D eigenvalue weighted by atomic mass is 19.1. The molecule has 8 nitrogen and oxygen atoms in total. The SMILES string of the molecule is CC(=O)Nc1ccc(C(=O)COC(=O)C2=C(Nc3ccccc3)OCC2=O)c(F)c1. The van der Waals surface area contributed by atoms with Crippen LogP contribution in [0.2, 0.25) is 0 Å². The Hall–Kier alpha value is -4.01. The molecule has 154 valence electrons. The van der Waals surface area contributed by atoms with Crippen LogP contribution in [-0.2, 0) is 23.9 Å². The van der Waals surface area contributed by atoms with E-state index in [9.17, 15) is 23.6 Å². The molecule has 30 heavy (non-hydrogen) atoms. The maximum Gasteiger partial charge on any atom is 0.347 e. The quantitative estimate of drug-likeness (QED) is 0.408. The summed E-state index contributed by atoms with van der Waals surface area (Å²) in [6.45, 7) is 0.150. The molecule has 1 heterocycles. The van der Waals surface area contributed by atoms with Gasteiger partial charge in [-0.25, -0.2) is 9.18 Å². The first-order valence-electron chi connectivity index (χ1n) is 8.85. The first-order chi connectivity index (χ1) is 14.3. The number of ether oxygens (including phenoxy) is 2. The second kappa shape index (κ2) is 8.99. The van der Waals surface area contributed by atoms with Gasteiger partial charge in [0.2, 0.25) is 23.4 Å². The van der Waals surface area contributed by atoms with Crippen LogP contribution in [-0.4, -0.2) is 36.7 Å². The number of hydrogen-bond donors (Lipinski definition) is 2. The van der Waals surface area contributed by atoms with Crippen LogP contribution in [0.4, 0.5) is 15.8 Å². The molecular formula is C21H17FN2O6. The number of para-hydroxylation sites is 1. The third-order valence-corrected chi connectivity index (χ3v) is 4.01. The van der Waals surface area contributed by atoms with Gasteiger partial charge < -0.3 is 20.1 Å². The molecule has 1 aliphatic heterocycles. The molecule has 0 aliphatic carbocycles. The highest BCUT2D eigenvalue weighted by Crippen LogP contribution is 2.21. The molecule has 2 aromatic carbocycles. The van der Waals surface area contributed by atoms with Crippen LogP contribution < -0.4 is 10.6 Å². The first kappa shape index (κ1) is 20.7. The van der Waals surface area contributed by atoms with Crippen molar-refractivity contribution in [2.75, 3.05) is 23.8 Å². The van der Waals surface area contributed by atoms with E-state index in [1.54, 1.807) is 30.3 Å². The highest BCUT2D eigenvalue weighted by Gasteiger charge is 2.33. The average molecular weight is 412 g/mol. The average Bonchev–Trinajstić information content (AvgIpc) is 3.06. The maximum atomic E-state index is 14.1. The number of anilines is 2. The lowest BCUT2D eigenvalue weighted by molar-refractivity contribution is -0.139. The third-order valence-electron chi connectivity index (χ3n) is 4.01. The summed E-state index contributed by atoms with van der Waals surface area (Å²) in [6, 6.07) is 12.2. The molecule has 2 aromatic rings. The predicted octanol–water partition coefficient (Wildman–Crippen LogP) is 2.43. The van der Waals surface area contributed by atoms with Gasteiger partial charge in [0.15, 0.2) is 18.8 Å². The van der Waals surface area contributed by atoms with Gasteiger partial charge >= 0.3 is 5.97 Å². The molecule has 0 spiro atoms. The molecular weight excluding hydrogens is 395 g/mol. The normalized spacial score (nSPS) is 12.9. The van der Waals surface area contributed by atoms with Gasteiger partial charge in [-0.05, 0) is 30.3 Å². The molecule has 3 rings (SSSR count). The van der Waals surface area contributed by atoms with Gasteiger partial charge in [0.05, 0.1) is 5.56 Å². The summed E-state index contributed by atoms with van der Waals surface area (Å²) in [5, 5.41) is 5.20. The minimum atomic E-state index is -1.06. The number of Topliss-reactive ketones (excluding diaryl/α,β-unsaturated/α-hetero) is 2. The third kappa shape index (κ3) is 4.88. The molecule has 1 amide bonds. The van der Waals surface area contributed by atoms with E-state index in [2.05, 4.69) is 10.6 Å².